The van der Waals surface area contributed by atoms with Crippen LogP contribution in [0, 0.1) is 0 Å². The third-order valence-corrected chi connectivity index (χ3v) is 3.92. The number of rotatable bonds is 3. The molecule has 104 valence electrons. The average molecular weight is 283 g/mol. The van der Waals surface area contributed by atoms with Crippen LogP contribution in [0.25, 0.3) is 0 Å². The number of anilines is 1. The number of carbonyl (C=O) groups excluding carboxylic acids is 1. The second kappa shape index (κ2) is 6.26. The van der Waals surface area contributed by atoms with Crippen LogP contribution in [-0.4, -0.2) is 35.1 Å². The van der Waals surface area contributed by atoms with Gasteiger partial charge in [0.15, 0.2) is 0 Å². The number of halogens is 1. The van der Waals surface area contributed by atoms with Crippen LogP contribution in [0.4, 0.5) is 5.69 Å². The number of nitrogens with zero attached hydrogens (tertiary/aromatic N) is 1. The van der Waals surface area contributed by atoms with Gasteiger partial charge in [-0.2, -0.15) is 0 Å². The number of nitrogens with two attached hydrogens (primary N) is 1. The number of amides is 1. The molecule has 0 aromatic heterocycles. The first-order valence-electron chi connectivity index (χ1n) is 6.61. The van der Waals surface area contributed by atoms with Gasteiger partial charge in [-0.05, 0) is 37.8 Å². The van der Waals surface area contributed by atoms with Crippen LogP contribution >= 0.6 is 11.6 Å². The van der Waals surface area contributed by atoms with Crippen molar-refractivity contribution < 1.29 is 9.90 Å². The maximum atomic E-state index is 12.6. The first-order chi connectivity index (χ1) is 9.15. The summed E-state index contributed by atoms with van der Waals surface area (Å²) in [6.45, 7) is 0.792. The molecule has 0 bridgehead atoms. The molecule has 3 N–H and O–H groups in total. The number of nitrogen functional groups attached to an aromatic ring is 1. The SMILES string of the molecule is Nc1cccc(Cl)c1C(=O)N1CCCCC1CCO. The molecule has 1 aromatic carbocycles. The highest BCUT2D eigenvalue weighted by Gasteiger charge is 2.29. The molecular formula is C14H19ClN2O2. The van der Waals surface area contributed by atoms with Gasteiger partial charge < -0.3 is 15.7 Å². The van der Waals surface area contributed by atoms with E-state index >= 15 is 0 Å². The van der Waals surface area contributed by atoms with Crippen molar-refractivity contribution in [2.45, 2.75) is 31.7 Å². The van der Waals surface area contributed by atoms with Crippen LogP contribution in [0.15, 0.2) is 18.2 Å². The molecule has 1 unspecified atom stereocenters. The molecule has 0 saturated carbocycles. The van der Waals surface area contributed by atoms with Gasteiger partial charge in [0, 0.05) is 24.9 Å². The Bertz CT molecular complexity index is 443. The van der Waals surface area contributed by atoms with Crippen molar-refractivity contribution in [3.05, 3.63) is 28.8 Å². The second-order valence-corrected chi connectivity index (χ2v) is 5.27. The van der Waals surface area contributed by atoms with Gasteiger partial charge in [0.2, 0.25) is 0 Å². The molecule has 1 heterocycles. The normalized spacial score (nSPS) is 19.5. The summed E-state index contributed by atoms with van der Waals surface area (Å²) in [5.74, 6) is -0.124. The standard InChI is InChI=1S/C14H19ClN2O2/c15-11-5-3-6-12(16)13(11)14(19)17-8-2-1-4-10(17)7-9-18/h3,5-6,10,18H,1-2,4,7-9,16H2. The van der Waals surface area contributed by atoms with Gasteiger partial charge in [0.05, 0.1) is 10.6 Å². The molecule has 1 saturated heterocycles. The van der Waals surface area contributed by atoms with Crippen molar-refractivity contribution in [3.8, 4) is 0 Å². The lowest BCUT2D eigenvalue weighted by molar-refractivity contribution is 0.0576. The zero-order chi connectivity index (χ0) is 13.8. The van der Waals surface area contributed by atoms with Crippen LogP contribution in [0.3, 0.4) is 0 Å². The predicted molar refractivity (Wildman–Crippen MR) is 76.2 cm³/mol. The largest absolute Gasteiger partial charge is 0.398 e. The molecule has 2 rings (SSSR count). The van der Waals surface area contributed by atoms with Crippen LogP contribution < -0.4 is 5.73 Å². The van der Waals surface area contributed by atoms with Crippen LogP contribution in [-0.2, 0) is 0 Å². The van der Waals surface area contributed by atoms with Gasteiger partial charge in [0.25, 0.3) is 5.91 Å². The minimum atomic E-state index is -0.124. The number of aliphatic hydroxyl groups excluding tert-OH is 1. The number of carbonyl (C=O) groups is 1. The number of benzene rings is 1. The Morgan fingerprint density at radius 2 is 2.26 bits per heavy atom. The van der Waals surface area contributed by atoms with E-state index in [-0.39, 0.29) is 18.6 Å². The van der Waals surface area contributed by atoms with Crippen molar-refractivity contribution in [2.75, 3.05) is 18.9 Å². The van der Waals surface area contributed by atoms with Crippen molar-refractivity contribution >= 4 is 23.2 Å². The second-order valence-electron chi connectivity index (χ2n) is 4.86. The smallest absolute Gasteiger partial charge is 0.257 e. The summed E-state index contributed by atoms with van der Waals surface area (Å²) in [5, 5.41) is 9.50. The Kier molecular flexibility index (Phi) is 4.66. The highest BCUT2D eigenvalue weighted by molar-refractivity contribution is 6.34. The molecular weight excluding hydrogens is 264 g/mol. The van der Waals surface area contributed by atoms with E-state index in [9.17, 15) is 4.79 Å². The van der Waals surface area contributed by atoms with Gasteiger partial charge >= 0.3 is 0 Å². The minimum Gasteiger partial charge on any atom is -0.398 e. The summed E-state index contributed by atoms with van der Waals surface area (Å²) in [7, 11) is 0. The summed E-state index contributed by atoms with van der Waals surface area (Å²) in [5.41, 5.74) is 6.66. The minimum absolute atomic E-state index is 0.0851. The number of aliphatic hydroxyl groups is 1. The third-order valence-electron chi connectivity index (χ3n) is 3.61. The van der Waals surface area contributed by atoms with Crippen molar-refractivity contribution in [1.82, 2.24) is 4.90 Å². The van der Waals surface area contributed by atoms with Crippen LogP contribution in [0.5, 0.6) is 0 Å². The van der Waals surface area contributed by atoms with E-state index in [1.807, 2.05) is 0 Å². The van der Waals surface area contributed by atoms with Gasteiger partial charge in [-0.15, -0.1) is 0 Å². The molecule has 1 aromatic rings. The first-order valence-corrected chi connectivity index (χ1v) is 6.98. The maximum absolute atomic E-state index is 12.6. The van der Waals surface area contributed by atoms with E-state index in [4.69, 9.17) is 22.4 Å². The Morgan fingerprint density at radius 3 is 2.95 bits per heavy atom. The van der Waals surface area contributed by atoms with Crippen LogP contribution in [0.1, 0.15) is 36.0 Å². The summed E-state index contributed by atoms with van der Waals surface area (Å²) in [6.07, 6.45) is 3.61. The van der Waals surface area contributed by atoms with Crippen molar-refractivity contribution in [2.24, 2.45) is 0 Å². The lowest BCUT2D eigenvalue weighted by Crippen LogP contribution is -2.44. The van der Waals surface area contributed by atoms with E-state index in [0.717, 1.165) is 19.3 Å². The van der Waals surface area contributed by atoms with E-state index < -0.39 is 0 Å². The average Bonchev–Trinajstić information content (AvgIpc) is 2.39. The molecule has 0 aliphatic carbocycles. The molecule has 1 aliphatic rings. The maximum Gasteiger partial charge on any atom is 0.257 e. The lowest BCUT2D eigenvalue weighted by atomic mass is 9.98. The van der Waals surface area contributed by atoms with Gasteiger partial charge in [0.1, 0.15) is 0 Å². The monoisotopic (exact) mass is 282 g/mol. The zero-order valence-electron chi connectivity index (χ0n) is 10.8. The summed E-state index contributed by atoms with van der Waals surface area (Å²) >= 11 is 6.09. The Morgan fingerprint density at radius 1 is 1.47 bits per heavy atom. The summed E-state index contributed by atoms with van der Waals surface area (Å²) in [6, 6.07) is 5.18. The number of hydrogen-bond acceptors (Lipinski definition) is 3. The molecule has 19 heavy (non-hydrogen) atoms. The van der Waals surface area contributed by atoms with Crippen molar-refractivity contribution in [1.29, 1.82) is 0 Å². The Labute approximate surface area is 118 Å². The van der Waals surface area contributed by atoms with Gasteiger partial charge in [-0.1, -0.05) is 17.7 Å². The number of piperidine rings is 1. The van der Waals surface area contributed by atoms with Gasteiger partial charge in [-0.25, -0.2) is 0 Å². The van der Waals surface area contributed by atoms with E-state index in [2.05, 4.69) is 0 Å². The number of likely N-dealkylation sites (tertiary alicyclic amines) is 1. The summed E-state index contributed by atoms with van der Waals surface area (Å²) < 4.78 is 0. The molecule has 5 heteroatoms. The summed E-state index contributed by atoms with van der Waals surface area (Å²) in [4.78, 5) is 14.4. The molecule has 1 aliphatic heterocycles. The fourth-order valence-corrected chi connectivity index (χ4v) is 2.89. The molecule has 4 nitrogen and oxygen atoms in total. The van der Waals surface area contributed by atoms with Crippen molar-refractivity contribution in [3.63, 3.8) is 0 Å². The molecule has 0 radical (unpaired) electrons. The van der Waals surface area contributed by atoms with E-state index in [1.54, 1.807) is 23.1 Å². The highest BCUT2D eigenvalue weighted by atomic mass is 35.5. The molecule has 1 fully saturated rings. The fraction of sp³-hybridized carbons (Fsp3) is 0.500. The highest BCUT2D eigenvalue weighted by Crippen LogP contribution is 2.28. The first kappa shape index (κ1) is 14.2. The predicted octanol–water partition coefficient (Wildman–Crippen LogP) is 2.30. The Balaban J connectivity index is 2.26. The molecule has 0 spiro atoms. The van der Waals surface area contributed by atoms with Gasteiger partial charge in [-0.3, -0.25) is 4.79 Å². The van der Waals surface area contributed by atoms with Crippen LogP contribution in [0.2, 0.25) is 5.02 Å². The topological polar surface area (TPSA) is 66.6 Å². The fourth-order valence-electron chi connectivity index (χ4n) is 2.63. The molecule has 1 atom stereocenters. The van der Waals surface area contributed by atoms with E-state index in [1.165, 1.54) is 0 Å². The van der Waals surface area contributed by atoms with E-state index in [0.29, 0.717) is 29.2 Å². The quantitative estimate of drug-likeness (QED) is 0.836. The molecule has 1 amide bonds. The zero-order valence-corrected chi connectivity index (χ0v) is 11.6. The Hall–Kier alpha value is -1.26. The third kappa shape index (κ3) is 3.01. The lowest BCUT2D eigenvalue weighted by Gasteiger charge is -2.36. The number of hydrogen-bond donors (Lipinski definition) is 2.